The molecule has 0 spiro atoms. The number of rotatable bonds is 5. The maximum absolute atomic E-state index is 12.1. The molecule has 2 aliphatic rings. The van der Waals surface area contributed by atoms with Crippen LogP contribution in [0, 0.1) is 0 Å². The van der Waals surface area contributed by atoms with Gasteiger partial charge in [0.25, 0.3) is 5.56 Å². The molecule has 3 rings (SSSR count). The number of nitrogens with zero attached hydrogens (tertiary/aromatic N) is 1. The molecule has 0 bridgehead atoms. The van der Waals surface area contributed by atoms with Crippen LogP contribution in [0.2, 0.25) is 0 Å². The minimum atomic E-state index is -1.68. The largest absolute Gasteiger partial charge is 0.394 e. The van der Waals surface area contributed by atoms with Gasteiger partial charge in [-0.15, -0.1) is 0 Å². The molecule has 0 amide bonds. The van der Waals surface area contributed by atoms with Crippen molar-refractivity contribution in [2.24, 2.45) is 0 Å². The molecule has 1 aromatic heterocycles. The second-order valence-corrected chi connectivity index (χ2v) is 5.95. The molecular formula is C16H17N3O7. The molecule has 0 saturated heterocycles. The molecule has 10 nitrogen and oxygen atoms in total. The maximum Gasteiger partial charge on any atom is 0.327 e. The quantitative estimate of drug-likeness (QED) is 0.274. The van der Waals surface area contributed by atoms with Gasteiger partial charge in [-0.05, 0) is 23.8 Å². The van der Waals surface area contributed by atoms with Crippen LogP contribution in [-0.4, -0.2) is 59.9 Å². The molecule has 2 heterocycles. The Bertz CT molecular complexity index is 1080. The number of aromatic amines is 2. The van der Waals surface area contributed by atoms with Crippen molar-refractivity contribution in [2.45, 2.75) is 24.9 Å². The van der Waals surface area contributed by atoms with E-state index in [9.17, 15) is 29.7 Å². The summed E-state index contributed by atoms with van der Waals surface area (Å²) >= 11 is 0. The first-order valence-electron chi connectivity index (χ1n) is 7.77. The minimum Gasteiger partial charge on any atom is -0.394 e. The van der Waals surface area contributed by atoms with Crippen LogP contribution < -0.4 is 16.7 Å². The molecule has 3 atom stereocenters. The Balaban J connectivity index is 2.26. The monoisotopic (exact) mass is 363 g/mol. The van der Waals surface area contributed by atoms with Gasteiger partial charge in [0.05, 0.1) is 24.2 Å². The number of aliphatic hydroxyl groups excluding tert-OH is 4. The fourth-order valence-electron chi connectivity index (χ4n) is 2.84. The predicted octanol–water partition coefficient (Wildman–Crippen LogP) is -2.44. The van der Waals surface area contributed by atoms with Gasteiger partial charge in [0.15, 0.2) is 5.43 Å². The first kappa shape index (κ1) is 18.0. The lowest BCUT2D eigenvalue weighted by molar-refractivity contribution is -0.0802. The highest BCUT2D eigenvalue weighted by Crippen LogP contribution is 2.25. The number of benzene rings is 1. The molecule has 1 aliphatic heterocycles. The Hall–Kier alpha value is -2.79. The minimum absolute atomic E-state index is 0.0431. The summed E-state index contributed by atoms with van der Waals surface area (Å²) < 4.78 is 1.31. The topological polar surface area (TPSA) is 169 Å². The van der Waals surface area contributed by atoms with E-state index in [2.05, 4.69) is 9.97 Å². The third-order valence-corrected chi connectivity index (χ3v) is 4.17. The summed E-state index contributed by atoms with van der Waals surface area (Å²) in [6.07, 6.45) is -4.81. The number of hydrogen-bond donors (Lipinski definition) is 6. The summed E-state index contributed by atoms with van der Waals surface area (Å²) in [5, 5.41) is 38.6. The van der Waals surface area contributed by atoms with E-state index in [-0.39, 0.29) is 23.0 Å². The Kier molecular flexibility index (Phi) is 4.74. The van der Waals surface area contributed by atoms with Crippen LogP contribution in [0.3, 0.4) is 0 Å². The van der Waals surface area contributed by atoms with Crippen molar-refractivity contribution >= 4 is 11.0 Å². The lowest BCUT2D eigenvalue weighted by Gasteiger charge is -2.25. The van der Waals surface area contributed by atoms with Crippen molar-refractivity contribution in [3.05, 3.63) is 55.3 Å². The molecule has 1 aromatic rings. The van der Waals surface area contributed by atoms with Crippen LogP contribution in [0.1, 0.15) is 0 Å². The second kappa shape index (κ2) is 6.84. The third-order valence-electron chi connectivity index (χ3n) is 4.17. The zero-order valence-electron chi connectivity index (χ0n) is 13.4. The Morgan fingerprint density at radius 1 is 1.00 bits per heavy atom. The van der Waals surface area contributed by atoms with Gasteiger partial charge < -0.3 is 25.0 Å². The van der Waals surface area contributed by atoms with Crippen molar-refractivity contribution in [3.63, 3.8) is 0 Å². The zero-order valence-corrected chi connectivity index (χ0v) is 13.4. The van der Waals surface area contributed by atoms with Gasteiger partial charge in [-0.1, -0.05) is 0 Å². The molecular weight excluding hydrogens is 346 g/mol. The van der Waals surface area contributed by atoms with E-state index in [1.165, 1.54) is 28.8 Å². The van der Waals surface area contributed by atoms with Gasteiger partial charge in [-0.25, -0.2) is 4.79 Å². The smallest absolute Gasteiger partial charge is 0.327 e. The Morgan fingerprint density at radius 3 is 2.42 bits per heavy atom. The SMILES string of the molecule is O=c1ccc2cc3c(=O)[nH]c(=O)[nH]c3n(C[C@H](O)[C@H](O)[C@@H](O)CO)c-2c1. The van der Waals surface area contributed by atoms with Crippen LogP contribution in [0.25, 0.3) is 22.3 Å². The highest BCUT2D eigenvalue weighted by Gasteiger charge is 2.26. The molecule has 6 N–H and O–H groups in total. The highest BCUT2D eigenvalue weighted by atomic mass is 16.4. The number of aliphatic hydroxyl groups is 4. The summed E-state index contributed by atoms with van der Waals surface area (Å²) in [6.45, 7) is -1.12. The van der Waals surface area contributed by atoms with Crippen molar-refractivity contribution in [2.75, 3.05) is 6.61 Å². The highest BCUT2D eigenvalue weighted by molar-refractivity contribution is 5.82. The average molecular weight is 363 g/mol. The second-order valence-electron chi connectivity index (χ2n) is 5.95. The molecule has 10 heteroatoms. The van der Waals surface area contributed by atoms with E-state index in [4.69, 9.17) is 5.11 Å². The van der Waals surface area contributed by atoms with Gasteiger partial charge in [-0.2, -0.15) is 0 Å². The summed E-state index contributed by atoms with van der Waals surface area (Å²) in [5.41, 5.74) is -0.907. The number of H-pyrrole nitrogens is 2. The molecule has 0 fully saturated rings. The molecule has 0 saturated carbocycles. The molecule has 1 aliphatic carbocycles. The lowest BCUT2D eigenvalue weighted by Crippen LogP contribution is -2.42. The normalized spacial score (nSPS) is 15.2. The molecule has 26 heavy (non-hydrogen) atoms. The first-order valence-corrected chi connectivity index (χ1v) is 7.77. The van der Waals surface area contributed by atoms with E-state index in [1.807, 2.05) is 0 Å². The van der Waals surface area contributed by atoms with Crippen molar-refractivity contribution in [3.8, 4) is 11.3 Å². The molecule has 0 radical (unpaired) electrons. The van der Waals surface area contributed by atoms with E-state index in [0.717, 1.165) is 0 Å². The molecule has 138 valence electrons. The first-order chi connectivity index (χ1) is 12.3. The average Bonchev–Trinajstić information content (AvgIpc) is 2.61. The van der Waals surface area contributed by atoms with Crippen LogP contribution >= 0.6 is 0 Å². The van der Waals surface area contributed by atoms with Gasteiger partial charge in [0.1, 0.15) is 24.0 Å². The van der Waals surface area contributed by atoms with Crippen LogP contribution in [0.15, 0.2) is 38.6 Å². The fourth-order valence-corrected chi connectivity index (χ4v) is 2.84. The maximum atomic E-state index is 12.1. The Morgan fingerprint density at radius 2 is 1.73 bits per heavy atom. The summed E-state index contributed by atoms with van der Waals surface area (Å²) in [7, 11) is 0. The number of fused-ring (bicyclic) bond motifs is 2. The standard InChI is InChI=1S/C16H17N3O7/c20-6-12(23)13(24)11(22)5-19-10-4-8(21)2-1-7(10)3-9-14(19)17-16(26)18-15(9)25/h1-4,11-13,20,22-24H,5-6H2,(H2,17,18,25,26)/t11-,12-,13-/m0/s1. The van der Waals surface area contributed by atoms with Gasteiger partial charge in [-0.3, -0.25) is 19.6 Å². The molecule has 0 unspecified atom stereocenters. The van der Waals surface area contributed by atoms with Crippen molar-refractivity contribution in [1.29, 1.82) is 0 Å². The number of nitrogens with one attached hydrogen (secondary N) is 2. The van der Waals surface area contributed by atoms with E-state index >= 15 is 0 Å². The lowest BCUT2D eigenvalue weighted by atomic mass is 10.0. The van der Waals surface area contributed by atoms with Crippen LogP contribution in [-0.2, 0) is 6.54 Å². The number of hydrogen-bond acceptors (Lipinski definition) is 7. The zero-order chi connectivity index (χ0) is 19.0. The van der Waals surface area contributed by atoms with Crippen LogP contribution in [0.4, 0.5) is 0 Å². The summed E-state index contributed by atoms with van der Waals surface area (Å²) in [4.78, 5) is 40.0. The molecule has 0 aromatic carbocycles. The predicted molar refractivity (Wildman–Crippen MR) is 91.2 cm³/mol. The van der Waals surface area contributed by atoms with Gasteiger partial charge in [0.2, 0.25) is 0 Å². The number of aromatic nitrogens is 3. The number of pyridine rings is 1. The fraction of sp³-hybridized carbons (Fsp3) is 0.312. The van der Waals surface area contributed by atoms with Gasteiger partial charge >= 0.3 is 5.69 Å². The van der Waals surface area contributed by atoms with Crippen LogP contribution in [0.5, 0.6) is 0 Å². The third kappa shape index (κ3) is 3.18. The van der Waals surface area contributed by atoms with E-state index < -0.39 is 36.2 Å². The summed E-state index contributed by atoms with van der Waals surface area (Å²) in [6, 6.07) is 5.54. The Labute approximate surface area is 145 Å². The summed E-state index contributed by atoms with van der Waals surface area (Å²) in [5.74, 6) is 0. The van der Waals surface area contributed by atoms with Crippen molar-refractivity contribution in [1.82, 2.24) is 14.5 Å². The van der Waals surface area contributed by atoms with Crippen molar-refractivity contribution < 1.29 is 20.4 Å². The van der Waals surface area contributed by atoms with Gasteiger partial charge in [0, 0.05) is 6.07 Å². The van der Waals surface area contributed by atoms with E-state index in [1.54, 1.807) is 0 Å². The van der Waals surface area contributed by atoms with E-state index in [0.29, 0.717) is 11.3 Å².